The smallest absolute Gasteiger partial charge is 0.416 e. The van der Waals surface area contributed by atoms with Gasteiger partial charge in [-0.2, -0.15) is 13.2 Å². The Morgan fingerprint density at radius 3 is 2.56 bits per heavy atom. The minimum atomic E-state index is -4.78. The fraction of sp³-hybridized carbons (Fsp3) is 0.381. The summed E-state index contributed by atoms with van der Waals surface area (Å²) in [6.45, 7) is 3.23. The van der Waals surface area contributed by atoms with Crippen molar-refractivity contribution in [3.05, 3.63) is 58.1 Å². The first kappa shape index (κ1) is 25.3. The zero-order valence-corrected chi connectivity index (χ0v) is 18.9. The lowest BCUT2D eigenvalue weighted by atomic mass is 10.0. The van der Waals surface area contributed by atoms with Gasteiger partial charge in [0.25, 0.3) is 15.7 Å². The number of nitrogens with zero attached hydrogens (tertiary/aromatic N) is 2. The number of nitro groups is 1. The van der Waals surface area contributed by atoms with Crippen LogP contribution in [0.3, 0.4) is 0 Å². The van der Waals surface area contributed by atoms with Gasteiger partial charge in [0.05, 0.1) is 28.0 Å². The fourth-order valence-corrected chi connectivity index (χ4v) is 5.34. The number of non-ortho nitro benzene ring substituents is 1. The molecule has 13 heteroatoms. The molecule has 1 aliphatic heterocycles. The standard InChI is InChI=1S/C21H21F3N2O7S/c1-3-32-20(27)10-9-18-13(2)25(17-12-15(26(28)29)7-8-19(17)33-18)34(30,31)16-6-4-5-14(11-16)21(22,23)24/h4-8,11-13,18H,3,9-10H2,1-2H3/t13-,18+/m1/s1. The van der Waals surface area contributed by atoms with Crippen LogP contribution in [0.25, 0.3) is 0 Å². The van der Waals surface area contributed by atoms with E-state index in [0.29, 0.717) is 6.07 Å². The minimum absolute atomic E-state index is 0.0203. The van der Waals surface area contributed by atoms with Crippen molar-refractivity contribution in [3.63, 3.8) is 0 Å². The highest BCUT2D eigenvalue weighted by Gasteiger charge is 2.42. The lowest BCUT2D eigenvalue weighted by Crippen LogP contribution is -2.51. The minimum Gasteiger partial charge on any atom is -0.486 e. The van der Waals surface area contributed by atoms with Gasteiger partial charge in [0.1, 0.15) is 17.5 Å². The second-order valence-electron chi connectivity index (χ2n) is 7.48. The summed E-state index contributed by atoms with van der Waals surface area (Å²) in [5, 5.41) is 11.3. The van der Waals surface area contributed by atoms with Gasteiger partial charge in [-0.05, 0) is 44.5 Å². The Kier molecular flexibility index (Phi) is 7.05. The van der Waals surface area contributed by atoms with Crippen molar-refractivity contribution in [1.29, 1.82) is 0 Å². The molecule has 0 spiro atoms. The normalized spacial score (nSPS) is 18.1. The highest BCUT2D eigenvalue weighted by molar-refractivity contribution is 7.92. The first-order chi connectivity index (χ1) is 15.9. The van der Waals surface area contributed by atoms with Crippen LogP contribution in [-0.2, 0) is 25.7 Å². The van der Waals surface area contributed by atoms with Crippen LogP contribution in [0.4, 0.5) is 24.5 Å². The molecular weight excluding hydrogens is 481 g/mol. The van der Waals surface area contributed by atoms with Crippen molar-refractivity contribution in [2.24, 2.45) is 0 Å². The number of sulfonamides is 1. The number of esters is 1. The van der Waals surface area contributed by atoms with Crippen LogP contribution in [0, 0.1) is 10.1 Å². The number of anilines is 1. The predicted octanol–water partition coefficient (Wildman–Crippen LogP) is 4.30. The number of hydrogen-bond donors (Lipinski definition) is 0. The second-order valence-corrected chi connectivity index (χ2v) is 9.29. The molecule has 0 saturated carbocycles. The molecular formula is C21H21F3N2O7S. The average Bonchev–Trinajstić information content (AvgIpc) is 2.76. The molecule has 2 aromatic carbocycles. The molecule has 184 valence electrons. The predicted molar refractivity (Wildman–Crippen MR) is 114 cm³/mol. The summed E-state index contributed by atoms with van der Waals surface area (Å²) in [6.07, 6.45) is -5.70. The molecule has 0 bridgehead atoms. The van der Waals surface area contributed by atoms with Gasteiger partial charge in [-0.15, -0.1) is 0 Å². The SMILES string of the molecule is CCOC(=O)CC[C@@H]1Oc2ccc([N+](=O)[O-])cc2N(S(=O)(=O)c2cccc(C(F)(F)F)c2)[C@@H]1C. The van der Waals surface area contributed by atoms with Gasteiger partial charge in [0.2, 0.25) is 0 Å². The zero-order valence-electron chi connectivity index (χ0n) is 18.1. The lowest BCUT2D eigenvalue weighted by Gasteiger charge is -2.40. The number of fused-ring (bicyclic) bond motifs is 1. The fourth-order valence-electron chi connectivity index (χ4n) is 3.61. The molecule has 0 saturated heterocycles. The number of ether oxygens (including phenoxy) is 2. The monoisotopic (exact) mass is 502 g/mol. The van der Waals surface area contributed by atoms with Gasteiger partial charge < -0.3 is 9.47 Å². The number of nitro benzene ring substituents is 1. The van der Waals surface area contributed by atoms with Crippen molar-refractivity contribution in [1.82, 2.24) is 0 Å². The molecule has 9 nitrogen and oxygen atoms in total. The van der Waals surface area contributed by atoms with Gasteiger partial charge in [-0.25, -0.2) is 8.42 Å². The van der Waals surface area contributed by atoms with Crippen LogP contribution in [0.1, 0.15) is 32.3 Å². The maximum Gasteiger partial charge on any atom is 0.416 e. The first-order valence-corrected chi connectivity index (χ1v) is 11.6. The van der Waals surface area contributed by atoms with E-state index in [2.05, 4.69) is 0 Å². The van der Waals surface area contributed by atoms with E-state index in [-0.39, 0.29) is 30.9 Å². The number of alkyl halides is 3. The highest BCUT2D eigenvalue weighted by Crippen LogP contribution is 2.43. The van der Waals surface area contributed by atoms with E-state index >= 15 is 0 Å². The Morgan fingerprint density at radius 2 is 1.94 bits per heavy atom. The molecule has 2 aromatic rings. The first-order valence-electron chi connectivity index (χ1n) is 10.2. The van der Waals surface area contributed by atoms with Crippen molar-refractivity contribution < 1.29 is 40.8 Å². The van der Waals surface area contributed by atoms with E-state index < -0.39 is 55.4 Å². The van der Waals surface area contributed by atoms with Gasteiger partial charge >= 0.3 is 12.1 Å². The van der Waals surface area contributed by atoms with Gasteiger partial charge in [-0.1, -0.05) is 6.07 Å². The van der Waals surface area contributed by atoms with Crippen LogP contribution in [0.15, 0.2) is 47.4 Å². The maximum atomic E-state index is 13.5. The van der Waals surface area contributed by atoms with E-state index in [9.17, 15) is 36.5 Å². The van der Waals surface area contributed by atoms with Crippen LogP contribution in [0.2, 0.25) is 0 Å². The van der Waals surface area contributed by atoms with Crippen molar-refractivity contribution in [2.45, 2.75) is 49.9 Å². The molecule has 0 fully saturated rings. The third-order valence-electron chi connectivity index (χ3n) is 5.23. The van der Waals surface area contributed by atoms with Crippen LogP contribution >= 0.6 is 0 Å². The van der Waals surface area contributed by atoms with Gasteiger partial charge in [0, 0.05) is 18.6 Å². The average molecular weight is 502 g/mol. The summed E-state index contributed by atoms with van der Waals surface area (Å²) in [7, 11) is -4.62. The number of carbonyl (C=O) groups excluding carboxylic acids is 1. The van der Waals surface area contributed by atoms with Crippen molar-refractivity contribution in [3.8, 4) is 5.75 Å². The maximum absolute atomic E-state index is 13.5. The molecule has 34 heavy (non-hydrogen) atoms. The largest absolute Gasteiger partial charge is 0.486 e. The summed E-state index contributed by atoms with van der Waals surface area (Å²) in [5.74, 6) is -0.548. The van der Waals surface area contributed by atoms with E-state index in [0.717, 1.165) is 34.6 Å². The number of carbonyl (C=O) groups is 1. The molecule has 0 aliphatic carbocycles. The number of hydrogen-bond acceptors (Lipinski definition) is 7. The molecule has 3 rings (SSSR count). The number of halogens is 3. The Balaban J connectivity index is 2.10. The zero-order chi connectivity index (χ0) is 25.3. The molecule has 0 aromatic heterocycles. The Labute approximate surface area is 193 Å². The summed E-state index contributed by atoms with van der Waals surface area (Å²) < 4.78 is 78.2. The van der Waals surface area contributed by atoms with Gasteiger partial charge in [-0.3, -0.25) is 19.2 Å². The van der Waals surface area contributed by atoms with Crippen molar-refractivity contribution in [2.75, 3.05) is 10.9 Å². The Bertz CT molecular complexity index is 1200. The second kappa shape index (κ2) is 9.49. The summed E-state index contributed by atoms with van der Waals surface area (Å²) in [5.41, 5.74) is -1.78. The van der Waals surface area contributed by atoms with E-state index in [1.54, 1.807) is 6.92 Å². The molecule has 0 radical (unpaired) electrons. The molecule has 1 aliphatic rings. The molecule has 2 atom stereocenters. The molecule has 0 unspecified atom stereocenters. The van der Waals surface area contributed by atoms with Crippen molar-refractivity contribution >= 4 is 27.4 Å². The molecule has 0 N–H and O–H groups in total. The molecule has 0 amide bonds. The topological polar surface area (TPSA) is 116 Å². The third-order valence-corrected chi connectivity index (χ3v) is 7.13. The highest BCUT2D eigenvalue weighted by atomic mass is 32.2. The van der Waals surface area contributed by atoms with E-state index in [1.807, 2.05) is 0 Å². The Hall–Kier alpha value is -3.35. The lowest BCUT2D eigenvalue weighted by molar-refractivity contribution is -0.384. The summed E-state index contributed by atoms with van der Waals surface area (Å²) in [6, 6.07) is 5.52. The quantitative estimate of drug-likeness (QED) is 0.315. The summed E-state index contributed by atoms with van der Waals surface area (Å²) >= 11 is 0. The molecule has 1 heterocycles. The number of benzene rings is 2. The van der Waals surface area contributed by atoms with Crippen LogP contribution < -0.4 is 9.04 Å². The van der Waals surface area contributed by atoms with E-state index in [4.69, 9.17) is 9.47 Å². The van der Waals surface area contributed by atoms with Crippen LogP contribution in [0.5, 0.6) is 5.75 Å². The number of rotatable bonds is 7. The summed E-state index contributed by atoms with van der Waals surface area (Å²) in [4.78, 5) is 21.7. The van der Waals surface area contributed by atoms with Crippen LogP contribution in [-0.4, -0.2) is 38.1 Å². The van der Waals surface area contributed by atoms with Gasteiger partial charge in [0.15, 0.2) is 0 Å². The Morgan fingerprint density at radius 1 is 1.24 bits per heavy atom. The van der Waals surface area contributed by atoms with E-state index in [1.165, 1.54) is 13.0 Å². The third kappa shape index (κ3) is 5.08.